The van der Waals surface area contributed by atoms with Crippen LogP contribution in [-0.2, 0) is 26.0 Å². The molecular weight excluding hydrogens is 454 g/mol. The Morgan fingerprint density at radius 1 is 1.06 bits per heavy atom. The van der Waals surface area contributed by atoms with Gasteiger partial charge in [-0.1, -0.05) is 43.3 Å². The number of amides is 2. The molecule has 0 aliphatic heterocycles. The summed E-state index contributed by atoms with van der Waals surface area (Å²) >= 11 is 0. The molecule has 0 saturated carbocycles. The number of carbonyl (C=O) groups is 2. The molecule has 1 N–H and O–H groups in total. The third kappa shape index (κ3) is 7.76. The van der Waals surface area contributed by atoms with Crippen molar-refractivity contribution in [3.05, 3.63) is 60.2 Å². The van der Waals surface area contributed by atoms with E-state index in [2.05, 4.69) is 5.32 Å². The van der Waals surface area contributed by atoms with Gasteiger partial charge < -0.3 is 15.0 Å². The number of nitrogens with one attached hydrogen (secondary N) is 1. The van der Waals surface area contributed by atoms with Crippen molar-refractivity contribution in [2.45, 2.75) is 38.6 Å². The first kappa shape index (κ1) is 27.2. The van der Waals surface area contributed by atoms with Gasteiger partial charge >= 0.3 is 0 Å². The number of likely N-dealkylation sites (N-methyl/N-ethyl adjacent to an activating group) is 1. The number of carbonyl (C=O) groups excluding carboxylic acids is 2. The molecule has 0 aliphatic rings. The number of hydrogen-bond acceptors (Lipinski definition) is 5. The summed E-state index contributed by atoms with van der Waals surface area (Å²) in [5.74, 6) is 0.161. The number of ether oxygens (including phenoxy) is 1. The number of anilines is 1. The van der Waals surface area contributed by atoms with Gasteiger partial charge in [0.15, 0.2) is 0 Å². The molecule has 34 heavy (non-hydrogen) atoms. The van der Waals surface area contributed by atoms with Gasteiger partial charge in [-0.2, -0.15) is 0 Å². The van der Waals surface area contributed by atoms with Crippen LogP contribution in [0.3, 0.4) is 0 Å². The number of sulfonamides is 1. The second kappa shape index (κ2) is 13.0. The molecule has 0 saturated heterocycles. The van der Waals surface area contributed by atoms with Crippen LogP contribution in [0.15, 0.2) is 54.6 Å². The normalized spacial score (nSPS) is 12.0. The Balaban J connectivity index is 2.13. The van der Waals surface area contributed by atoms with Crippen LogP contribution in [0.4, 0.5) is 5.69 Å². The molecule has 186 valence electrons. The lowest BCUT2D eigenvalue weighted by atomic mass is 10.1. The standard InChI is InChI=1S/C25H35N3O5S/c1-5-23(25(30)26-2)27(18-16-20-11-7-6-8-12-20)24(29)15-10-17-28(34(4,31)32)21-13-9-14-22(19-21)33-3/h6-9,11-14,19,23H,5,10,15-18H2,1-4H3,(H,26,30). The summed E-state index contributed by atoms with van der Waals surface area (Å²) in [5.41, 5.74) is 1.56. The van der Waals surface area contributed by atoms with Crippen LogP contribution in [0.2, 0.25) is 0 Å². The van der Waals surface area contributed by atoms with Crippen molar-refractivity contribution in [2.75, 3.05) is 37.8 Å². The van der Waals surface area contributed by atoms with Gasteiger partial charge in [0.25, 0.3) is 0 Å². The molecule has 9 heteroatoms. The molecular formula is C25H35N3O5S. The third-order valence-electron chi connectivity index (χ3n) is 5.61. The van der Waals surface area contributed by atoms with E-state index in [-0.39, 0.29) is 24.8 Å². The van der Waals surface area contributed by atoms with Gasteiger partial charge in [0.2, 0.25) is 21.8 Å². The average molecular weight is 490 g/mol. The molecule has 8 nitrogen and oxygen atoms in total. The highest BCUT2D eigenvalue weighted by Crippen LogP contribution is 2.23. The fraction of sp³-hybridized carbons (Fsp3) is 0.440. The van der Waals surface area contributed by atoms with Crippen LogP contribution in [0.25, 0.3) is 0 Å². The highest BCUT2D eigenvalue weighted by Gasteiger charge is 2.27. The van der Waals surface area contributed by atoms with E-state index in [1.165, 1.54) is 11.4 Å². The van der Waals surface area contributed by atoms with E-state index in [0.717, 1.165) is 11.8 Å². The Morgan fingerprint density at radius 3 is 2.35 bits per heavy atom. The maximum absolute atomic E-state index is 13.2. The number of methoxy groups -OCH3 is 1. The van der Waals surface area contributed by atoms with Crippen LogP contribution in [0, 0.1) is 0 Å². The first-order valence-electron chi connectivity index (χ1n) is 11.4. The van der Waals surface area contributed by atoms with Crippen LogP contribution in [-0.4, -0.2) is 64.7 Å². The zero-order valence-electron chi connectivity index (χ0n) is 20.4. The van der Waals surface area contributed by atoms with Gasteiger partial charge in [-0.3, -0.25) is 13.9 Å². The summed E-state index contributed by atoms with van der Waals surface area (Å²) in [6.45, 7) is 2.42. The fourth-order valence-corrected chi connectivity index (χ4v) is 4.79. The van der Waals surface area contributed by atoms with Gasteiger partial charge in [0.1, 0.15) is 11.8 Å². The summed E-state index contributed by atoms with van der Waals surface area (Å²) in [6, 6.07) is 16.0. The minimum absolute atomic E-state index is 0.123. The molecule has 2 aromatic carbocycles. The van der Waals surface area contributed by atoms with E-state index in [1.807, 2.05) is 37.3 Å². The van der Waals surface area contributed by atoms with Crippen molar-refractivity contribution in [1.29, 1.82) is 0 Å². The van der Waals surface area contributed by atoms with Crippen LogP contribution >= 0.6 is 0 Å². The lowest BCUT2D eigenvalue weighted by Crippen LogP contribution is -2.49. The molecule has 2 aromatic rings. The lowest BCUT2D eigenvalue weighted by Gasteiger charge is -2.30. The second-order valence-corrected chi connectivity index (χ2v) is 9.91. The maximum Gasteiger partial charge on any atom is 0.242 e. The summed E-state index contributed by atoms with van der Waals surface area (Å²) in [5, 5.41) is 2.64. The third-order valence-corrected chi connectivity index (χ3v) is 6.80. The first-order chi connectivity index (χ1) is 16.2. The van der Waals surface area contributed by atoms with E-state index in [4.69, 9.17) is 4.74 Å². The zero-order valence-corrected chi connectivity index (χ0v) is 21.2. The topological polar surface area (TPSA) is 96.0 Å². The van der Waals surface area contributed by atoms with Gasteiger partial charge in [-0.05, 0) is 37.0 Å². The van der Waals surface area contributed by atoms with E-state index in [9.17, 15) is 18.0 Å². The summed E-state index contributed by atoms with van der Waals surface area (Å²) in [6.07, 6.45) is 2.69. The van der Waals surface area contributed by atoms with Crippen molar-refractivity contribution in [3.8, 4) is 5.75 Å². The van der Waals surface area contributed by atoms with E-state index in [0.29, 0.717) is 37.2 Å². The molecule has 0 bridgehead atoms. The zero-order chi connectivity index (χ0) is 25.1. The highest BCUT2D eigenvalue weighted by atomic mass is 32.2. The van der Waals surface area contributed by atoms with Gasteiger partial charge in [-0.25, -0.2) is 8.42 Å². The Kier molecular flexibility index (Phi) is 10.4. The molecule has 0 fully saturated rings. The monoisotopic (exact) mass is 489 g/mol. The van der Waals surface area contributed by atoms with E-state index in [1.54, 1.807) is 36.2 Å². The van der Waals surface area contributed by atoms with Crippen molar-refractivity contribution in [1.82, 2.24) is 10.2 Å². The Labute approximate surface area is 202 Å². The number of hydrogen-bond donors (Lipinski definition) is 1. The predicted molar refractivity (Wildman–Crippen MR) is 134 cm³/mol. The van der Waals surface area contributed by atoms with Gasteiger partial charge in [0, 0.05) is 32.6 Å². The minimum atomic E-state index is -3.56. The Bertz CT molecular complexity index is 1040. The van der Waals surface area contributed by atoms with Crippen molar-refractivity contribution >= 4 is 27.5 Å². The molecule has 0 aliphatic carbocycles. The fourth-order valence-electron chi connectivity index (χ4n) is 3.83. The first-order valence-corrected chi connectivity index (χ1v) is 13.2. The van der Waals surface area contributed by atoms with Crippen molar-refractivity contribution in [3.63, 3.8) is 0 Å². The average Bonchev–Trinajstić information content (AvgIpc) is 2.83. The molecule has 2 amide bonds. The predicted octanol–water partition coefficient (Wildman–Crippen LogP) is 2.84. The summed E-state index contributed by atoms with van der Waals surface area (Å²) in [7, 11) is -0.481. The van der Waals surface area contributed by atoms with E-state index >= 15 is 0 Å². The van der Waals surface area contributed by atoms with Crippen LogP contribution in [0.5, 0.6) is 5.75 Å². The van der Waals surface area contributed by atoms with Crippen molar-refractivity contribution < 1.29 is 22.7 Å². The van der Waals surface area contributed by atoms with E-state index < -0.39 is 16.1 Å². The number of nitrogens with zero attached hydrogens (tertiary/aromatic N) is 2. The molecule has 1 unspecified atom stereocenters. The second-order valence-electron chi connectivity index (χ2n) is 8.00. The maximum atomic E-state index is 13.2. The summed E-state index contributed by atoms with van der Waals surface area (Å²) < 4.78 is 31.3. The van der Waals surface area contributed by atoms with Gasteiger partial charge in [0.05, 0.1) is 19.1 Å². The van der Waals surface area contributed by atoms with Crippen LogP contribution in [0.1, 0.15) is 31.7 Å². The summed E-state index contributed by atoms with van der Waals surface area (Å²) in [4.78, 5) is 27.3. The quantitative estimate of drug-likeness (QED) is 0.467. The molecule has 0 aromatic heterocycles. The van der Waals surface area contributed by atoms with Gasteiger partial charge in [-0.15, -0.1) is 0 Å². The molecule has 0 spiro atoms. The largest absolute Gasteiger partial charge is 0.497 e. The highest BCUT2D eigenvalue weighted by molar-refractivity contribution is 7.92. The van der Waals surface area contributed by atoms with Crippen molar-refractivity contribution in [2.24, 2.45) is 0 Å². The smallest absolute Gasteiger partial charge is 0.242 e. The molecule has 0 radical (unpaired) electrons. The Hall–Kier alpha value is -3.07. The minimum Gasteiger partial charge on any atom is -0.497 e. The number of benzene rings is 2. The lowest BCUT2D eigenvalue weighted by molar-refractivity contribution is -0.140. The molecule has 0 heterocycles. The number of rotatable bonds is 13. The molecule has 1 atom stereocenters. The Morgan fingerprint density at radius 2 is 1.76 bits per heavy atom. The SMILES string of the molecule is CCC(C(=O)NC)N(CCc1ccccc1)C(=O)CCCN(c1cccc(OC)c1)S(C)(=O)=O. The van der Waals surface area contributed by atoms with Crippen LogP contribution < -0.4 is 14.4 Å². The molecule has 2 rings (SSSR count).